The van der Waals surface area contributed by atoms with Gasteiger partial charge in [-0.25, -0.2) is 0 Å². The first-order valence-electron chi connectivity index (χ1n) is 8.38. The van der Waals surface area contributed by atoms with Gasteiger partial charge < -0.3 is 4.74 Å². The Labute approximate surface area is 136 Å². The summed E-state index contributed by atoms with van der Waals surface area (Å²) in [4.78, 5) is 16.5. The van der Waals surface area contributed by atoms with Crippen LogP contribution in [-0.2, 0) is 21.4 Å². The molecular weight excluding hydrogens is 294 g/mol. The minimum absolute atomic E-state index is 0.0113. The number of esters is 1. The zero-order valence-corrected chi connectivity index (χ0v) is 14.7. The summed E-state index contributed by atoms with van der Waals surface area (Å²) in [7, 11) is 2.22. The molecule has 2 aliphatic carbocycles. The summed E-state index contributed by atoms with van der Waals surface area (Å²) in [5.41, 5.74) is 1.91. The van der Waals surface area contributed by atoms with Crippen LogP contribution in [0.1, 0.15) is 44.1 Å². The third-order valence-corrected chi connectivity index (χ3v) is 7.99. The Hall–Kier alpha value is -0.870. The first kappa shape index (κ1) is 14.7. The summed E-state index contributed by atoms with van der Waals surface area (Å²) in [6.45, 7) is 7.23. The van der Waals surface area contributed by atoms with E-state index in [1.165, 1.54) is 0 Å². The van der Waals surface area contributed by atoms with Gasteiger partial charge >= 0.3 is 5.97 Å². The number of thiophene rings is 1. The van der Waals surface area contributed by atoms with E-state index >= 15 is 0 Å². The highest BCUT2D eigenvalue weighted by molar-refractivity contribution is 7.10. The van der Waals surface area contributed by atoms with E-state index in [0.29, 0.717) is 18.7 Å². The van der Waals surface area contributed by atoms with Crippen LogP contribution < -0.4 is 0 Å². The van der Waals surface area contributed by atoms with Crippen molar-refractivity contribution in [1.82, 2.24) is 4.90 Å². The fourth-order valence-corrected chi connectivity index (χ4v) is 6.71. The van der Waals surface area contributed by atoms with Crippen LogP contribution in [0.25, 0.3) is 0 Å². The van der Waals surface area contributed by atoms with E-state index in [0.717, 1.165) is 19.3 Å². The molecule has 1 aromatic heterocycles. The fourth-order valence-electron chi connectivity index (χ4n) is 5.67. The second-order valence-corrected chi connectivity index (χ2v) is 8.73. The molecule has 1 saturated carbocycles. The van der Waals surface area contributed by atoms with Gasteiger partial charge in [0.25, 0.3) is 0 Å². The van der Waals surface area contributed by atoms with Crippen LogP contribution in [-0.4, -0.2) is 36.6 Å². The van der Waals surface area contributed by atoms with Crippen LogP contribution in [0.15, 0.2) is 11.4 Å². The summed E-state index contributed by atoms with van der Waals surface area (Å²) in [5, 5.41) is 2.25. The summed E-state index contributed by atoms with van der Waals surface area (Å²) in [5.74, 6) is 0.0525. The van der Waals surface area contributed by atoms with Gasteiger partial charge in [0.15, 0.2) is 0 Å². The zero-order chi connectivity index (χ0) is 15.7. The van der Waals surface area contributed by atoms with Gasteiger partial charge in [-0.05, 0) is 55.7 Å². The molecule has 0 N–H and O–H groups in total. The van der Waals surface area contributed by atoms with E-state index in [4.69, 9.17) is 4.74 Å². The molecule has 0 amide bonds. The quantitative estimate of drug-likeness (QED) is 0.784. The minimum Gasteiger partial charge on any atom is -0.466 e. The van der Waals surface area contributed by atoms with E-state index in [1.54, 1.807) is 10.4 Å². The highest BCUT2D eigenvalue weighted by Gasteiger charge is 2.66. The van der Waals surface area contributed by atoms with Crippen molar-refractivity contribution in [2.45, 2.75) is 57.5 Å². The Kier molecular flexibility index (Phi) is 3.06. The summed E-state index contributed by atoms with van der Waals surface area (Å²) in [6.07, 6.45) is 3.18. The molecule has 4 aliphatic rings. The number of nitrogens with zero attached hydrogens (tertiary/aromatic N) is 1. The van der Waals surface area contributed by atoms with Crippen molar-refractivity contribution in [3.63, 3.8) is 0 Å². The van der Waals surface area contributed by atoms with Gasteiger partial charge in [-0.1, -0.05) is 13.8 Å². The first-order valence-corrected chi connectivity index (χ1v) is 9.26. The Bertz CT molecular complexity index is 626. The Morgan fingerprint density at radius 2 is 2.23 bits per heavy atom. The lowest BCUT2D eigenvalue weighted by molar-refractivity contribution is -0.180. The number of fused-ring (bicyclic) bond motifs is 2. The molecule has 0 radical (unpaired) electrons. The summed E-state index contributed by atoms with van der Waals surface area (Å²) >= 11 is 1.91. The number of carbonyl (C=O) groups excluding carboxylic acids is 1. The molecule has 4 bridgehead atoms. The van der Waals surface area contributed by atoms with E-state index in [2.05, 4.69) is 37.2 Å². The minimum atomic E-state index is 0.0113. The number of hydrogen-bond donors (Lipinski definition) is 0. The van der Waals surface area contributed by atoms with Crippen molar-refractivity contribution in [1.29, 1.82) is 0 Å². The SMILES string of the molecule is CCOC(=O)C1CC2(C)[C@H]3Cc4sccc4[C@]2(C)CC1N3C. The van der Waals surface area contributed by atoms with Gasteiger partial charge in [0.2, 0.25) is 0 Å². The maximum atomic E-state index is 12.4. The standard InChI is InChI=1S/C18H25NO2S/c1-5-21-16(20)11-9-18(3)15-8-14-12(6-7-22-14)17(18,2)10-13(11)19(15)4/h6-7,11,13,15H,5,8-10H2,1-4H3/t11?,13?,15-,17+,18?/m1/s1. The third-order valence-electron chi connectivity index (χ3n) is 7.04. The van der Waals surface area contributed by atoms with Crippen molar-refractivity contribution < 1.29 is 9.53 Å². The normalized spacial score (nSPS) is 43.0. The van der Waals surface area contributed by atoms with Crippen LogP contribution in [0.5, 0.6) is 0 Å². The molecule has 120 valence electrons. The molecule has 0 spiro atoms. The number of hydrogen-bond acceptors (Lipinski definition) is 4. The first-order chi connectivity index (χ1) is 10.4. The molecule has 1 aromatic rings. The smallest absolute Gasteiger partial charge is 0.310 e. The predicted octanol–water partition coefficient (Wildman–Crippen LogP) is 3.22. The topological polar surface area (TPSA) is 29.5 Å². The number of rotatable bonds is 2. The zero-order valence-electron chi connectivity index (χ0n) is 13.9. The molecule has 5 atom stereocenters. The molecule has 0 aromatic carbocycles. The van der Waals surface area contributed by atoms with Gasteiger partial charge in [-0.3, -0.25) is 9.69 Å². The predicted molar refractivity (Wildman–Crippen MR) is 88.2 cm³/mol. The maximum absolute atomic E-state index is 12.4. The average Bonchev–Trinajstić information content (AvgIpc) is 2.93. The van der Waals surface area contributed by atoms with Crippen LogP contribution in [0.2, 0.25) is 0 Å². The lowest BCUT2D eigenvalue weighted by atomic mass is 9.43. The second kappa shape index (κ2) is 4.57. The van der Waals surface area contributed by atoms with Gasteiger partial charge in [-0.15, -0.1) is 11.3 Å². The number of ether oxygens (including phenoxy) is 1. The Morgan fingerprint density at radius 1 is 1.45 bits per heavy atom. The van der Waals surface area contributed by atoms with E-state index < -0.39 is 0 Å². The van der Waals surface area contributed by atoms with E-state index in [1.807, 2.05) is 18.3 Å². The van der Waals surface area contributed by atoms with Gasteiger partial charge in [0, 0.05) is 22.4 Å². The van der Waals surface area contributed by atoms with Gasteiger partial charge in [0.1, 0.15) is 0 Å². The largest absolute Gasteiger partial charge is 0.466 e. The van der Waals surface area contributed by atoms with Crippen molar-refractivity contribution in [2.24, 2.45) is 11.3 Å². The molecule has 3 fully saturated rings. The lowest BCUT2D eigenvalue weighted by Crippen LogP contribution is -2.73. The molecule has 3 heterocycles. The number of likely N-dealkylation sites (N-methyl/N-ethyl adjacent to an activating group) is 1. The molecule has 5 rings (SSSR count). The fraction of sp³-hybridized carbons (Fsp3) is 0.722. The highest BCUT2D eigenvalue weighted by Crippen LogP contribution is 2.65. The van der Waals surface area contributed by atoms with Crippen molar-refractivity contribution in [3.05, 3.63) is 21.9 Å². The molecular formula is C18H25NO2S. The van der Waals surface area contributed by atoms with Gasteiger partial charge in [-0.2, -0.15) is 0 Å². The van der Waals surface area contributed by atoms with E-state index in [9.17, 15) is 4.79 Å². The maximum Gasteiger partial charge on any atom is 0.310 e. The monoisotopic (exact) mass is 319 g/mol. The van der Waals surface area contributed by atoms with E-state index in [-0.39, 0.29) is 22.7 Å². The Morgan fingerprint density at radius 3 is 2.95 bits per heavy atom. The highest BCUT2D eigenvalue weighted by atomic mass is 32.1. The van der Waals surface area contributed by atoms with Crippen LogP contribution in [0.3, 0.4) is 0 Å². The second-order valence-electron chi connectivity index (χ2n) is 7.73. The van der Waals surface area contributed by atoms with Crippen molar-refractivity contribution in [3.8, 4) is 0 Å². The molecule has 4 heteroatoms. The summed E-state index contributed by atoms with van der Waals surface area (Å²) in [6, 6.07) is 3.21. The average molecular weight is 319 g/mol. The Balaban J connectivity index is 1.79. The van der Waals surface area contributed by atoms with Crippen molar-refractivity contribution >= 4 is 17.3 Å². The summed E-state index contributed by atoms with van der Waals surface area (Å²) < 4.78 is 5.37. The molecule has 3 unspecified atom stereocenters. The van der Waals surface area contributed by atoms with Crippen LogP contribution in [0, 0.1) is 11.3 Å². The molecule has 2 aliphatic heterocycles. The number of piperidine rings is 2. The van der Waals surface area contributed by atoms with Crippen molar-refractivity contribution in [2.75, 3.05) is 13.7 Å². The molecule has 22 heavy (non-hydrogen) atoms. The third kappa shape index (κ3) is 1.58. The van der Waals surface area contributed by atoms with Crippen LogP contribution in [0.4, 0.5) is 0 Å². The number of carbonyl (C=O) groups is 1. The van der Waals surface area contributed by atoms with Crippen LogP contribution >= 0.6 is 11.3 Å². The molecule has 2 saturated heterocycles. The lowest BCUT2D eigenvalue weighted by Gasteiger charge is -2.69. The molecule has 3 nitrogen and oxygen atoms in total. The van der Waals surface area contributed by atoms with Gasteiger partial charge in [0.05, 0.1) is 12.5 Å².